The topological polar surface area (TPSA) is 0 Å². The third-order valence-corrected chi connectivity index (χ3v) is 11.0. The highest BCUT2D eigenvalue weighted by atomic mass is 14.2. The lowest BCUT2D eigenvalue weighted by atomic mass is 9.89. The van der Waals surface area contributed by atoms with E-state index >= 15 is 0 Å². The second kappa shape index (κ2) is 10.5. The van der Waals surface area contributed by atoms with Crippen LogP contribution in [0.15, 0.2) is 182 Å². The van der Waals surface area contributed by atoms with Crippen LogP contribution in [0.2, 0.25) is 0 Å². The van der Waals surface area contributed by atoms with E-state index in [0.717, 1.165) is 0 Å². The Morgan fingerprint density at radius 2 is 0.640 bits per heavy atom. The Hall–Kier alpha value is -6.50. The highest BCUT2D eigenvalue weighted by Gasteiger charge is 2.21. The van der Waals surface area contributed by atoms with E-state index in [0.29, 0.717) is 0 Å². The third-order valence-electron chi connectivity index (χ3n) is 11.0. The van der Waals surface area contributed by atoms with Crippen LogP contribution in [0.1, 0.15) is 0 Å². The summed E-state index contributed by atoms with van der Waals surface area (Å²) in [5.41, 5.74) is 15.2. The van der Waals surface area contributed by atoms with Gasteiger partial charge in [0.2, 0.25) is 0 Å². The van der Waals surface area contributed by atoms with Crippen molar-refractivity contribution in [1.29, 1.82) is 0 Å². The van der Waals surface area contributed by atoms with Crippen LogP contribution in [0, 0.1) is 0 Å². The normalized spacial score (nSPS) is 12.0. The van der Waals surface area contributed by atoms with Gasteiger partial charge in [-0.15, -0.1) is 0 Å². The van der Waals surface area contributed by atoms with Gasteiger partial charge >= 0.3 is 0 Å². The number of rotatable bonds is 4. The SMILES string of the molecule is c1cc(-c2ccc(-c3ccc(-c4ccc5ccc6cccc7ccc4c5c67)cc3)cc2)cc(-c2ccc3c(c2)-c2cccc4cccc-3c24)c1. The van der Waals surface area contributed by atoms with Gasteiger partial charge in [-0.1, -0.05) is 170 Å². The second-order valence-corrected chi connectivity index (χ2v) is 13.7. The summed E-state index contributed by atoms with van der Waals surface area (Å²) in [4.78, 5) is 0. The van der Waals surface area contributed by atoms with Gasteiger partial charge in [0.25, 0.3) is 0 Å². The van der Waals surface area contributed by atoms with E-state index in [1.54, 1.807) is 0 Å². The van der Waals surface area contributed by atoms with E-state index in [4.69, 9.17) is 0 Å². The zero-order chi connectivity index (χ0) is 32.8. The Balaban J connectivity index is 0.894. The fourth-order valence-electron chi connectivity index (χ4n) is 8.53. The molecule has 1 aliphatic carbocycles. The number of hydrogen-bond acceptors (Lipinski definition) is 0. The summed E-state index contributed by atoms with van der Waals surface area (Å²) >= 11 is 0. The van der Waals surface area contributed by atoms with Crippen molar-refractivity contribution in [3.8, 4) is 66.8 Å². The van der Waals surface area contributed by atoms with Crippen LogP contribution in [0.3, 0.4) is 0 Å². The lowest BCUT2D eigenvalue weighted by Gasteiger charge is -2.14. The average Bonchev–Trinajstić information content (AvgIpc) is 3.51. The molecule has 0 nitrogen and oxygen atoms in total. The maximum absolute atomic E-state index is 2.37. The lowest BCUT2D eigenvalue weighted by molar-refractivity contribution is 1.57. The molecule has 0 saturated heterocycles. The Morgan fingerprint density at radius 3 is 1.34 bits per heavy atom. The summed E-state index contributed by atoms with van der Waals surface area (Å²) in [6.45, 7) is 0. The molecular formula is C50H30. The largest absolute Gasteiger partial charge is 0.0610 e. The van der Waals surface area contributed by atoms with Gasteiger partial charge in [-0.25, -0.2) is 0 Å². The molecule has 0 atom stereocenters. The second-order valence-electron chi connectivity index (χ2n) is 13.7. The van der Waals surface area contributed by atoms with Gasteiger partial charge in [-0.05, 0) is 122 Å². The van der Waals surface area contributed by atoms with E-state index in [2.05, 4.69) is 182 Å². The highest BCUT2D eigenvalue weighted by molar-refractivity contribution is 6.25. The lowest BCUT2D eigenvalue weighted by Crippen LogP contribution is -1.87. The summed E-state index contributed by atoms with van der Waals surface area (Å²) < 4.78 is 0. The Labute approximate surface area is 290 Å². The fraction of sp³-hybridized carbons (Fsp3) is 0. The molecule has 11 rings (SSSR count). The number of benzene rings is 10. The summed E-state index contributed by atoms with van der Waals surface area (Å²) in [6.07, 6.45) is 0. The molecule has 1 aliphatic rings. The molecule has 0 N–H and O–H groups in total. The molecule has 0 heteroatoms. The highest BCUT2D eigenvalue weighted by Crippen LogP contribution is 2.48. The minimum atomic E-state index is 1.22. The van der Waals surface area contributed by atoms with Crippen molar-refractivity contribution in [3.63, 3.8) is 0 Å². The Morgan fingerprint density at radius 1 is 0.200 bits per heavy atom. The summed E-state index contributed by atoms with van der Waals surface area (Å²) in [5.74, 6) is 0. The first-order valence-electron chi connectivity index (χ1n) is 17.4. The molecule has 0 heterocycles. The summed E-state index contributed by atoms with van der Waals surface area (Å²) in [6, 6.07) is 67.5. The van der Waals surface area contributed by atoms with Crippen molar-refractivity contribution in [1.82, 2.24) is 0 Å². The molecule has 10 aromatic carbocycles. The number of hydrogen-bond donors (Lipinski definition) is 0. The van der Waals surface area contributed by atoms with Crippen LogP contribution in [-0.4, -0.2) is 0 Å². The van der Waals surface area contributed by atoms with E-state index in [1.807, 2.05) is 0 Å². The molecule has 0 unspecified atom stereocenters. The molecule has 0 aliphatic heterocycles. The van der Waals surface area contributed by atoms with Gasteiger partial charge in [0.15, 0.2) is 0 Å². The van der Waals surface area contributed by atoms with Crippen molar-refractivity contribution in [2.45, 2.75) is 0 Å². The molecule has 0 radical (unpaired) electrons. The van der Waals surface area contributed by atoms with Crippen LogP contribution < -0.4 is 0 Å². The van der Waals surface area contributed by atoms with Crippen molar-refractivity contribution in [2.75, 3.05) is 0 Å². The van der Waals surface area contributed by atoms with Crippen molar-refractivity contribution in [3.05, 3.63) is 182 Å². The van der Waals surface area contributed by atoms with E-state index in [1.165, 1.54) is 110 Å². The van der Waals surface area contributed by atoms with Gasteiger partial charge in [0.05, 0.1) is 0 Å². The molecule has 0 saturated carbocycles. The van der Waals surface area contributed by atoms with Gasteiger partial charge in [0, 0.05) is 0 Å². The van der Waals surface area contributed by atoms with Gasteiger partial charge in [-0.2, -0.15) is 0 Å². The van der Waals surface area contributed by atoms with E-state index in [-0.39, 0.29) is 0 Å². The van der Waals surface area contributed by atoms with Crippen LogP contribution >= 0.6 is 0 Å². The maximum Gasteiger partial charge on any atom is -0.00206 e. The Kier molecular flexibility index (Phi) is 5.76. The van der Waals surface area contributed by atoms with Crippen molar-refractivity contribution >= 4 is 43.1 Å². The van der Waals surface area contributed by atoms with Crippen molar-refractivity contribution in [2.24, 2.45) is 0 Å². The standard InChI is InChI=1S/C50H30/c1-5-36-21-22-38-23-26-42(46-28-24-37(6-1)48(36)50(38)46)34-19-17-32(18-20-34)31-13-15-33(16-14-31)39-9-2-10-40(29-39)41-25-27-43-44-11-3-7-35-8-4-12-45(49(35)44)47(43)30-41/h1-30H. The zero-order valence-corrected chi connectivity index (χ0v) is 27.3. The molecule has 0 aromatic heterocycles. The van der Waals surface area contributed by atoms with Gasteiger partial charge < -0.3 is 0 Å². The van der Waals surface area contributed by atoms with Crippen LogP contribution in [0.5, 0.6) is 0 Å². The van der Waals surface area contributed by atoms with E-state index in [9.17, 15) is 0 Å². The molecule has 0 amide bonds. The maximum atomic E-state index is 2.37. The van der Waals surface area contributed by atoms with Gasteiger partial charge in [0.1, 0.15) is 0 Å². The summed E-state index contributed by atoms with van der Waals surface area (Å²) in [7, 11) is 0. The van der Waals surface area contributed by atoms with Crippen molar-refractivity contribution < 1.29 is 0 Å². The smallest absolute Gasteiger partial charge is 0.00206 e. The summed E-state index contributed by atoms with van der Waals surface area (Å²) in [5, 5.41) is 10.6. The third kappa shape index (κ3) is 4.06. The quantitative estimate of drug-likeness (QED) is 0.170. The molecular weight excluding hydrogens is 601 g/mol. The van der Waals surface area contributed by atoms with Gasteiger partial charge in [-0.3, -0.25) is 0 Å². The molecule has 10 aromatic rings. The predicted octanol–water partition coefficient (Wildman–Crippen LogP) is 14.1. The minimum absolute atomic E-state index is 1.22. The first-order valence-corrected chi connectivity index (χ1v) is 17.4. The predicted molar refractivity (Wildman–Crippen MR) is 214 cm³/mol. The average molecular weight is 631 g/mol. The molecule has 230 valence electrons. The monoisotopic (exact) mass is 630 g/mol. The Bertz CT molecular complexity index is 2920. The first-order chi connectivity index (χ1) is 24.8. The van der Waals surface area contributed by atoms with E-state index < -0.39 is 0 Å². The molecule has 0 fully saturated rings. The fourth-order valence-corrected chi connectivity index (χ4v) is 8.53. The molecule has 50 heavy (non-hydrogen) atoms. The minimum Gasteiger partial charge on any atom is -0.0610 e. The van der Waals surface area contributed by atoms with Crippen LogP contribution in [0.25, 0.3) is 110 Å². The number of fused-ring (bicyclic) bond motifs is 3. The van der Waals surface area contributed by atoms with Crippen LogP contribution in [0.4, 0.5) is 0 Å². The zero-order valence-electron chi connectivity index (χ0n) is 27.3. The van der Waals surface area contributed by atoms with Crippen LogP contribution in [-0.2, 0) is 0 Å². The molecule has 0 bridgehead atoms. The molecule has 0 spiro atoms. The first kappa shape index (κ1) is 27.5.